The summed E-state index contributed by atoms with van der Waals surface area (Å²) in [6, 6.07) is 2.05. The fourth-order valence-corrected chi connectivity index (χ4v) is 1.50. The molecule has 1 aromatic rings. The molecule has 5 nitrogen and oxygen atoms in total. The van der Waals surface area contributed by atoms with Crippen molar-refractivity contribution >= 4 is 0 Å². The lowest BCUT2D eigenvalue weighted by Gasteiger charge is -2.10. The maximum absolute atomic E-state index is 5.49. The molecule has 0 saturated heterocycles. The smallest absolute Gasteiger partial charge is 0.0593 e. The minimum atomic E-state index is 0.758. The van der Waals surface area contributed by atoms with Gasteiger partial charge in [0.1, 0.15) is 0 Å². The Kier molecular flexibility index (Phi) is 6.84. The van der Waals surface area contributed by atoms with Gasteiger partial charge < -0.3 is 15.0 Å². The molecule has 0 aliphatic carbocycles. The average molecular weight is 240 g/mol. The average Bonchev–Trinajstić information content (AvgIpc) is 2.74. The van der Waals surface area contributed by atoms with Gasteiger partial charge in [-0.1, -0.05) is 0 Å². The molecule has 0 atom stereocenters. The highest BCUT2D eigenvalue weighted by atomic mass is 16.5. The van der Waals surface area contributed by atoms with Crippen LogP contribution in [0.2, 0.25) is 0 Å². The van der Waals surface area contributed by atoms with Crippen LogP contribution in [0.4, 0.5) is 0 Å². The van der Waals surface area contributed by atoms with Crippen LogP contribution in [-0.4, -0.2) is 55.1 Å². The number of hydrogen-bond donors (Lipinski definition) is 1. The number of nitrogens with zero attached hydrogens (tertiary/aromatic N) is 3. The van der Waals surface area contributed by atoms with Crippen LogP contribution in [0.5, 0.6) is 0 Å². The van der Waals surface area contributed by atoms with E-state index in [1.165, 1.54) is 5.69 Å². The summed E-state index contributed by atoms with van der Waals surface area (Å²) >= 11 is 0. The lowest BCUT2D eigenvalue weighted by Crippen LogP contribution is -2.23. The summed E-state index contributed by atoms with van der Waals surface area (Å²) in [6.45, 7) is 7.27. The lowest BCUT2D eigenvalue weighted by atomic mass is 10.4. The molecule has 0 fully saturated rings. The zero-order valence-corrected chi connectivity index (χ0v) is 11.1. The molecule has 0 aromatic carbocycles. The van der Waals surface area contributed by atoms with E-state index in [0.29, 0.717) is 0 Å². The van der Waals surface area contributed by atoms with Crippen molar-refractivity contribution in [1.82, 2.24) is 20.0 Å². The molecule has 98 valence electrons. The van der Waals surface area contributed by atoms with Gasteiger partial charge in [0, 0.05) is 32.4 Å². The van der Waals surface area contributed by atoms with Crippen LogP contribution in [-0.2, 0) is 17.8 Å². The Bertz CT molecular complexity index is 298. The Morgan fingerprint density at radius 1 is 1.41 bits per heavy atom. The molecule has 1 aromatic heterocycles. The van der Waals surface area contributed by atoms with Gasteiger partial charge in [-0.25, -0.2) is 0 Å². The van der Waals surface area contributed by atoms with Crippen LogP contribution in [0, 0.1) is 0 Å². The highest BCUT2D eigenvalue weighted by Gasteiger charge is 1.99. The van der Waals surface area contributed by atoms with Gasteiger partial charge in [-0.3, -0.25) is 4.68 Å². The number of aryl methyl sites for hydroxylation is 1. The molecule has 1 heterocycles. The quantitative estimate of drug-likeness (QED) is 0.641. The number of ether oxygens (including phenoxy) is 1. The maximum atomic E-state index is 5.49. The van der Waals surface area contributed by atoms with Gasteiger partial charge in [0.25, 0.3) is 0 Å². The number of hydrogen-bond acceptors (Lipinski definition) is 4. The molecular weight excluding hydrogens is 216 g/mol. The van der Waals surface area contributed by atoms with Gasteiger partial charge in [-0.15, -0.1) is 0 Å². The standard InChI is InChI=1S/C12H24N4O/c1-4-16-12(5-6-14-16)11-13-7-9-17-10-8-15(2)3/h5-6,13H,4,7-11H2,1-3H3. The topological polar surface area (TPSA) is 42.3 Å². The zero-order chi connectivity index (χ0) is 12.5. The third-order valence-electron chi connectivity index (χ3n) is 2.52. The second-order valence-electron chi connectivity index (χ2n) is 4.23. The monoisotopic (exact) mass is 240 g/mol. The first kappa shape index (κ1) is 14.2. The Balaban J connectivity index is 2.01. The molecule has 0 spiro atoms. The van der Waals surface area contributed by atoms with Crippen molar-refractivity contribution in [2.75, 3.05) is 40.4 Å². The van der Waals surface area contributed by atoms with Gasteiger partial charge >= 0.3 is 0 Å². The SMILES string of the molecule is CCn1nccc1CNCCOCCN(C)C. The molecule has 0 radical (unpaired) electrons. The Morgan fingerprint density at radius 2 is 2.24 bits per heavy atom. The largest absolute Gasteiger partial charge is 0.379 e. The zero-order valence-electron chi connectivity index (χ0n) is 11.1. The molecular formula is C12H24N4O. The summed E-state index contributed by atoms with van der Waals surface area (Å²) in [7, 11) is 4.10. The van der Waals surface area contributed by atoms with E-state index in [1.807, 2.05) is 31.0 Å². The molecule has 1 N–H and O–H groups in total. The molecule has 0 unspecified atom stereocenters. The summed E-state index contributed by atoms with van der Waals surface area (Å²) in [6.07, 6.45) is 1.84. The van der Waals surface area contributed by atoms with Crippen molar-refractivity contribution in [2.45, 2.75) is 20.0 Å². The number of nitrogens with one attached hydrogen (secondary N) is 1. The highest BCUT2D eigenvalue weighted by Crippen LogP contribution is 1.97. The third kappa shape index (κ3) is 5.81. The first-order chi connectivity index (χ1) is 8.24. The van der Waals surface area contributed by atoms with Crippen LogP contribution < -0.4 is 5.32 Å². The van der Waals surface area contributed by atoms with Gasteiger partial charge in [-0.2, -0.15) is 5.10 Å². The van der Waals surface area contributed by atoms with Crippen molar-refractivity contribution in [2.24, 2.45) is 0 Å². The van der Waals surface area contributed by atoms with Gasteiger partial charge in [0.15, 0.2) is 0 Å². The summed E-state index contributed by atoms with van der Waals surface area (Å²) < 4.78 is 7.49. The van der Waals surface area contributed by atoms with Gasteiger partial charge in [0.05, 0.1) is 18.9 Å². The molecule has 0 bridgehead atoms. The molecule has 0 saturated carbocycles. The summed E-state index contributed by atoms with van der Waals surface area (Å²) in [5.41, 5.74) is 1.22. The van der Waals surface area contributed by atoms with Crippen LogP contribution in [0.25, 0.3) is 0 Å². The Morgan fingerprint density at radius 3 is 2.94 bits per heavy atom. The van der Waals surface area contributed by atoms with E-state index >= 15 is 0 Å². The minimum absolute atomic E-state index is 0.758. The van der Waals surface area contributed by atoms with E-state index in [2.05, 4.69) is 22.2 Å². The van der Waals surface area contributed by atoms with Crippen molar-refractivity contribution in [3.05, 3.63) is 18.0 Å². The van der Waals surface area contributed by atoms with Crippen LogP contribution in [0.1, 0.15) is 12.6 Å². The second kappa shape index (κ2) is 8.22. The predicted molar refractivity (Wildman–Crippen MR) is 69.0 cm³/mol. The van der Waals surface area contributed by atoms with Crippen LogP contribution in [0.3, 0.4) is 0 Å². The normalized spacial score (nSPS) is 11.3. The van der Waals surface area contributed by atoms with Crippen LogP contribution >= 0.6 is 0 Å². The number of likely N-dealkylation sites (N-methyl/N-ethyl adjacent to an activating group) is 1. The summed E-state index contributed by atoms with van der Waals surface area (Å²) in [5, 5.41) is 7.57. The summed E-state index contributed by atoms with van der Waals surface area (Å²) in [4.78, 5) is 2.12. The second-order valence-corrected chi connectivity index (χ2v) is 4.23. The van der Waals surface area contributed by atoms with Crippen molar-refractivity contribution in [3.8, 4) is 0 Å². The number of aromatic nitrogens is 2. The molecule has 0 aliphatic heterocycles. The molecule has 0 aliphatic rings. The number of rotatable bonds is 9. The van der Waals surface area contributed by atoms with E-state index < -0.39 is 0 Å². The van der Waals surface area contributed by atoms with E-state index in [4.69, 9.17) is 4.74 Å². The molecule has 1 rings (SSSR count). The third-order valence-corrected chi connectivity index (χ3v) is 2.52. The maximum Gasteiger partial charge on any atom is 0.0593 e. The van der Waals surface area contributed by atoms with Gasteiger partial charge in [-0.05, 0) is 27.1 Å². The van der Waals surface area contributed by atoms with Crippen molar-refractivity contribution in [3.63, 3.8) is 0 Å². The van der Waals surface area contributed by atoms with E-state index in [-0.39, 0.29) is 0 Å². The fourth-order valence-electron chi connectivity index (χ4n) is 1.50. The minimum Gasteiger partial charge on any atom is -0.379 e. The first-order valence-electron chi connectivity index (χ1n) is 6.18. The Hall–Kier alpha value is -0.910. The van der Waals surface area contributed by atoms with Crippen molar-refractivity contribution in [1.29, 1.82) is 0 Å². The Labute approximate surface area is 104 Å². The van der Waals surface area contributed by atoms with E-state index in [1.54, 1.807) is 0 Å². The molecule has 17 heavy (non-hydrogen) atoms. The first-order valence-corrected chi connectivity index (χ1v) is 6.18. The molecule has 0 amide bonds. The van der Waals surface area contributed by atoms with Crippen LogP contribution in [0.15, 0.2) is 12.3 Å². The lowest BCUT2D eigenvalue weighted by molar-refractivity contribution is 0.119. The highest BCUT2D eigenvalue weighted by molar-refractivity contribution is 4.99. The van der Waals surface area contributed by atoms with E-state index in [9.17, 15) is 0 Å². The van der Waals surface area contributed by atoms with Gasteiger partial charge in [0.2, 0.25) is 0 Å². The van der Waals surface area contributed by atoms with E-state index in [0.717, 1.165) is 39.4 Å². The van der Waals surface area contributed by atoms with Crippen molar-refractivity contribution < 1.29 is 4.74 Å². The molecule has 5 heteroatoms. The predicted octanol–water partition coefficient (Wildman–Crippen LogP) is 0.571. The fraction of sp³-hybridized carbons (Fsp3) is 0.750. The summed E-state index contributed by atoms with van der Waals surface area (Å²) in [5.74, 6) is 0.